The highest BCUT2D eigenvalue weighted by Gasteiger charge is 2.12. The Kier molecular flexibility index (Phi) is 6.24. The maximum absolute atomic E-state index is 11.8. The van der Waals surface area contributed by atoms with E-state index in [4.69, 9.17) is 14.2 Å². The van der Waals surface area contributed by atoms with E-state index in [0.29, 0.717) is 18.0 Å². The van der Waals surface area contributed by atoms with Gasteiger partial charge in [-0.05, 0) is 34.5 Å². The predicted molar refractivity (Wildman–Crippen MR) is 85.6 cm³/mol. The Hall–Kier alpha value is -2.05. The van der Waals surface area contributed by atoms with Gasteiger partial charge in [0.15, 0.2) is 6.61 Å². The number of benzene rings is 1. The smallest absolute Gasteiger partial charge is 0.258 e. The van der Waals surface area contributed by atoms with E-state index in [1.807, 2.05) is 29.0 Å². The largest absolute Gasteiger partial charge is 0.497 e. The van der Waals surface area contributed by atoms with Crippen molar-refractivity contribution in [2.45, 2.75) is 6.10 Å². The lowest BCUT2D eigenvalue weighted by Crippen LogP contribution is -2.32. The molecule has 0 saturated carbocycles. The molecule has 0 aliphatic rings. The number of rotatable bonds is 8. The summed E-state index contributed by atoms with van der Waals surface area (Å²) in [5.41, 5.74) is 1.06. The second-order valence-corrected chi connectivity index (χ2v) is 5.33. The van der Waals surface area contributed by atoms with E-state index < -0.39 is 0 Å². The Labute approximate surface area is 133 Å². The highest BCUT2D eigenvalue weighted by Crippen LogP contribution is 2.19. The molecule has 1 heterocycles. The number of hydrogen-bond acceptors (Lipinski definition) is 5. The summed E-state index contributed by atoms with van der Waals surface area (Å²) in [6, 6.07) is 9.12. The zero-order valence-corrected chi connectivity index (χ0v) is 13.4. The third-order valence-electron chi connectivity index (χ3n) is 3.10. The average Bonchev–Trinajstić information content (AvgIpc) is 3.08. The predicted octanol–water partition coefficient (Wildman–Crippen LogP) is 2.64. The highest BCUT2D eigenvalue weighted by atomic mass is 32.1. The van der Waals surface area contributed by atoms with Crippen molar-refractivity contribution in [2.75, 3.05) is 27.4 Å². The molecule has 0 aliphatic heterocycles. The second-order valence-electron chi connectivity index (χ2n) is 4.55. The van der Waals surface area contributed by atoms with Gasteiger partial charge in [0.2, 0.25) is 0 Å². The number of carbonyl (C=O) groups excluding carboxylic acids is 1. The van der Waals surface area contributed by atoms with Crippen LogP contribution in [0.15, 0.2) is 41.1 Å². The SMILES string of the molecule is COc1cccc(OCC(=O)NCC(OC)c2ccsc2)c1. The van der Waals surface area contributed by atoms with Crippen LogP contribution in [0.2, 0.25) is 0 Å². The van der Waals surface area contributed by atoms with Crippen molar-refractivity contribution >= 4 is 17.2 Å². The first-order valence-corrected chi connectivity index (χ1v) is 7.75. The van der Waals surface area contributed by atoms with Crippen molar-refractivity contribution in [3.8, 4) is 11.5 Å². The topological polar surface area (TPSA) is 56.8 Å². The number of thiophene rings is 1. The first-order chi connectivity index (χ1) is 10.7. The van der Waals surface area contributed by atoms with Gasteiger partial charge in [-0.1, -0.05) is 6.07 Å². The van der Waals surface area contributed by atoms with Crippen molar-refractivity contribution in [2.24, 2.45) is 0 Å². The lowest BCUT2D eigenvalue weighted by atomic mass is 10.2. The van der Waals surface area contributed by atoms with Gasteiger partial charge in [0.05, 0.1) is 7.11 Å². The van der Waals surface area contributed by atoms with E-state index in [1.165, 1.54) is 0 Å². The number of ether oxygens (including phenoxy) is 3. The molecular weight excluding hydrogens is 302 g/mol. The van der Waals surface area contributed by atoms with Crippen LogP contribution in [0.25, 0.3) is 0 Å². The van der Waals surface area contributed by atoms with E-state index in [1.54, 1.807) is 37.7 Å². The first kappa shape index (κ1) is 16.3. The third kappa shape index (κ3) is 4.75. The number of carbonyl (C=O) groups is 1. The van der Waals surface area contributed by atoms with Crippen molar-refractivity contribution in [3.05, 3.63) is 46.7 Å². The molecule has 22 heavy (non-hydrogen) atoms. The molecule has 1 atom stereocenters. The second kappa shape index (κ2) is 8.41. The molecule has 0 aliphatic carbocycles. The number of hydrogen-bond donors (Lipinski definition) is 1. The molecule has 0 fully saturated rings. The minimum Gasteiger partial charge on any atom is -0.497 e. The molecule has 0 radical (unpaired) electrons. The summed E-state index contributed by atoms with van der Waals surface area (Å²) in [7, 11) is 3.21. The van der Waals surface area contributed by atoms with Crippen molar-refractivity contribution < 1.29 is 19.0 Å². The molecule has 5 nitrogen and oxygen atoms in total. The van der Waals surface area contributed by atoms with Crippen molar-refractivity contribution in [3.63, 3.8) is 0 Å². The molecule has 1 amide bonds. The Morgan fingerprint density at radius 1 is 1.27 bits per heavy atom. The molecule has 1 aromatic carbocycles. The zero-order valence-electron chi connectivity index (χ0n) is 12.6. The number of amides is 1. The molecule has 1 N–H and O–H groups in total. The van der Waals surface area contributed by atoms with Gasteiger partial charge in [0, 0.05) is 19.7 Å². The fourth-order valence-corrected chi connectivity index (χ4v) is 2.59. The van der Waals surface area contributed by atoms with E-state index in [9.17, 15) is 4.79 Å². The fraction of sp³-hybridized carbons (Fsp3) is 0.312. The van der Waals surface area contributed by atoms with Crippen LogP contribution in [0, 0.1) is 0 Å². The molecule has 0 bridgehead atoms. The van der Waals surface area contributed by atoms with Crippen molar-refractivity contribution in [1.29, 1.82) is 0 Å². The van der Waals surface area contributed by atoms with Gasteiger partial charge >= 0.3 is 0 Å². The molecule has 0 saturated heterocycles. The summed E-state index contributed by atoms with van der Waals surface area (Å²) in [6.07, 6.45) is -0.146. The summed E-state index contributed by atoms with van der Waals surface area (Å²) in [5.74, 6) is 1.09. The van der Waals surface area contributed by atoms with Gasteiger partial charge < -0.3 is 19.5 Å². The average molecular weight is 321 g/mol. The van der Waals surface area contributed by atoms with Gasteiger partial charge in [-0.3, -0.25) is 4.79 Å². The summed E-state index contributed by atoms with van der Waals surface area (Å²) >= 11 is 1.60. The minimum absolute atomic E-state index is 0.0484. The van der Waals surface area contributed by atoms with Crippen LogP contribution in [-0.4, -0.2) is 33.3 Å². The Bertz CT molecular complexity index is 586. The highest BCUT2D eigenvalue weighted by molar-refractivity contribution is 7.07. The van der Waals surface area contributed by atoms with E-state index in [-0.39, 0.29) is 18.6 Å². The standard InChI is InChI=1S/C16H19NO4S/c1-19-13-4-3-5-14(8-13)21-10-16(18)17-9-15(20-2)12-6-7-22-11-12/h3-8,11,15H,9-10H2,1-2H3,(H,17,18). The molecular formula is C16H19NO4S. The molecule has 118 valence electrons. The Morgan fingerprint density at radius 3 is 2.77 bits per heavy atom. The molecule has 2 rings (SSSR count). The maximum atomic E-state index is 11.8. The van der Waals surface area contributed by atoms with Gasteiger partial charge in [0.25, 0.3) is 5.91 Å². The monoisotopic (exact) mass is 321 g/mol. The Morgan fingerprint density at radius 2 is 2.09 bits per heavy atom. The van der Waals surface area contributed by atoms with E-state index in [2.05, 4.69) is 5.32 Å². The van der Waals surface area contributed by atoms with Gasteiger partial charge in [-0.25, -0.2) is 0 Å². The van der Waals surface area contributed by atoms with Crippen LogP contribution in [0.4, 0.5) is 0 Å². The lowest BCUT2D eigenvalue weighted by molar-refractivity contribution is -0.123. The molecule has 1 unspecified atom stereocenters. The molecule has 1 aromatic heterocycles. The fourth-order valence-electron chi connectivity index (χ4n) is 1.89. The van der Waals surface area contributed by atoms with Crippen LogP contribution in [0.1, 0.15) is 11.7 Å². The number of nitrogens with one attached hydrogen (secondary N) is 1. The number of methoxy groups -OCH3 is 2. The van der Waals surface area contributed by atoms with Crippen LogP contribution in [0.5, 0.6) is 11.5 Å². The van der Waals surface area contributed by atoms with Crippen LogP contribution in [0.3, 0.4) is 0 Å². The summed E-state index contributed by atoms with van der Waals surface area (Å²) in [6.45, 7) is 0.362. The zero-order chi connectivity index (χ0) is 15.8. The van der Waals surface area contributed by atoms with Gasteiger partial charge in [-0.15, -0.1) is 0 Å². The normalized spacial score (nSPS) is 11.7. The van der Waals surface area contributed by atoms with Gasteiger partial charge in [0.1, 0.15) is 17.6 Å². The maximum Gasteiger partial charge on any atom is 0.258 e. The molecule has 0 spiro atoms. The van der Waals surface area contributed by atoms with Crippen molar-refractivity contribution in [1.82, 2.24) is 5.32 Å². The van der Waals surface area contributed by atoms with Crippen LogP contribution < -0.4 is 14.8 Å². The molecule has 2 aromatic rings. The minimum atomic E-state index is -0.194. The quantitative estimate of drug-likeness (QED) is 0.812. The Balaban J connectivity index is 1.78. The summed E-state index contributed by atoms with van der Waals surface area (Å²) in [5, 5.41) is 6.79. The van der Waals surface area contributed by atoms with E-state index in [0.717, 1.165) is 5.56 Å². The summed E-state index contributed by atoms with van der Waals surface area (Å²) < 4.78 is 15.9. The third-order valence-corrected chi connectivity index (χ3v) is 3.80. The molecule has 6 heteroatoms. The van der Waals surface area contributed by atoms with Crippen LogP contribution in [-0.2, 0) is 9.53 Å². The van der Waals surface area contributed by atoms with E-state index >= 15 is 0 Å². The van der Waals surface area contributed by atoms with Crippen LogP contribution >= 0.6 is 11.3 Å². The first-order valence-electron chi connectivity index (χ1n) is 6.81. The van der Waals surface area contributed by atoms with Gasteiger partial charge in [-0.2, -0.15) is 11.3 Å². The summed E-state index contributed by atoms with van der Waals surface area (Å²) in [4.78, 5) is 11.8. The lowest BCUT2D eigenvalue weighted by Gasteiger charge is -2.15.